The number of hydrogen-bond acceptors (Lipinski definition) is 3. The lowest BCUT2D eigenvalue weighted by atomic mass is 10.0. The van der Waals surface area contributed by atoms with Gasteiger partial charge in [-0.1, -0.05) is 18.5 Å². The van der Waals surface area contributed by atoms with E-state index >= 15 is 0 Å². The number of aromatic nitrogens is 2. The molecular weight excluding hydrogens is 262 g/mol. The van der Waals surface area contributed by atoms with Crippen LogP contribution >= 0.6 is 11.6 Å². The maximum absolute atomic E-state index is 12.3. The minimum absolute atomic E-state index is 0.0317. The summed E-state index contributed by atoms with van der Waals surface area (Å²) in [4.78, 5) is 3.89. The molecule has 1 unspecified atom stereocenters. The molecule has 0 aromatic carbocycles. The van der Waals surface area contributed by atoms with Gasteiger partial charge in [-0.25, -0.2) is 13.4 Å². The van der Waals surface area contributed by atoms with Gasteiger partial charge in [0.1, 0.15) is 5.15 Å². The number of imidazole rings is 1. The van der Waals surface area contributed by atoms with Crippen molar-refractivity contribution < 1.29 is 8.42 Å². The SMILES string of the molecule is CC1CCCN(S(=O)(=O)c2ncn(C)c2Cl)C1. The van der Waals surface area contributed by atoms with Crippen LogP contribution in [0.4, 0.5) is 0 Å². The summed E-state index contributed by atoms with van der Waals surface area (Å²) >= 11 is 5.94. The van der Waals surface area contributed by atoms with Crippen molar-refractivity contribution >= 4 is 21.6 Å². The Morgan fingerprint density at radius 1 is 1.53 bits per heavy atom. The second kappa shape index (κ2) is 4.59. The monoisotopic (exact) mass is 277 g/mol. The van der Waals surface area contributed by atoms with Crippen LogP contribution in [0, 0.1) is 5.92 Å². The predicted molar refractivity (Wildman–Crippen MR) is 65.4 cm³/mol. The van der Waals surface area contributed by atoms with E-state index in [1.807, 2.05) is 0 Å². The zero-order valence-corrected chi connectivity index (χ0v) is 11.5. The van der Waals surface area contributed by atoms with Gasteiger partial charge in [-0.15, -0.1) is 0 Å². The fourth-order valence-electron chi connectivity index (χ4n) is 2.05. The van der Waals surface area contributed by atoms with E-state index in [1.54, 1.807) is 7.05 Å². The van der Waals surface area contributed by atoms with E-state index in [2.05, 4.69) is 11.9 Å². The summed E-state index contributed by atoms with van der Waals surface area (Å²) in [5.41, 5.74) is 0. The summed E-state index contributed by atoms with van der Waals surface area (Å²) in [6.45, 7) is 3.16. The minimum Gasteiger partial charge on any atom is -0.324 e. The second-order valence-electron chi connectivity index (χ2n) is 4.56. The quantitative estimate of drug-likeness (QED) is 0.823. The highest BCUT2D eigenvalue weighted by Gasteiger charge is 2.32. The number of aryl methyl sites for hydroxylation is 1. The maximum Gasteiger partial charge on any atom is 0.263 e. The molecule has 2 heterocycles. The van der Waals surface area contributed by atoms with Crippen LogP contribution in [0.25, 0.3) is 0 Å². The van der Waals surface area contributed by atoms with Crippen molar-refractivity contribution in [3.63, 3.8) is 0 Å². The molecule has 1 aromatic rings. The van der Waals surface area contributed by atoms with E-state index in [1.165, 1.54) is 15.2 Å². The third-order valence-electron chi connectivity index (χ3n) is 3.04. The lowest BCUT2D eigenvalue weighted by Gasteiger charge is -2.29. The van der Waals surface area contributed by atoms with Crippen LogP contribution in [0.1, 0.15) is 19.8 Å². The van der Waals surface area contributed by atoms with Gasteiger partial charge in [0.25, 0.3) is 10.0 Å². The van der Waals surface area contributed by atoms with Gasteiger partial charge in [0.2, 0.25) is 5.03 Å². The first kappa shape index (κ1) is 12.9. The van der Waals surface area contributed by atoms with Gasteiger partial charge >= 0.3 is 0 Å². The van der Waals surface area contributed by atoms with Gasteiger partial charge in [0.15, 0.2) is 0 Å². The Morgan fingerprint density at radius 2 is 2.24 bits per heavy atom. The Morgan fingerprint density at radius 3 is 2.76 bits per heavy atom. The van der Waals surface area contributed by atoms with Crippen molar-refractivity contribution in [2.45, 2.75) is 24.8 Å². The van der Waals surface area contributed by atoms with Gasteiger partial charge in [0.05, 0.1) is 6.33 Å². The van der Waals surface area contributed by atoms with Crippen LogP contribution in [-0.4, -0.2) is 35.4 Å². The van der Waals surface area contributed by atoms with Crippen molar-refractivity contribution in [3.8, 4) is 0 Å². The zero-order chi connectivity index (χ0) is 12.6. The largest absolute Gasteiger partial charge is 0.324 e. The Labute approximate surface area is 106 Å². The van der Waals surface area contributed by atoms with Gasteiger partial charge in [-0.05, 0) is 18.8 Å². The highest BCUT2D eigenvalue weighted by atomic mass is 35.5. The van der Waals surface area contributed by atoms with Crippen LogP contribution in [0.5, 0.6) is 0 Å². The van der Waals surface area contributed by atoms with Crippen LogP contribution in [0.15, 0.2) is 11.4 Å². The van der Waals surface area contributed by atoms with E-state index in [-0.39, 0.29) is 10.2 Å². The highest BCUT2D eigenvalue weighted by Crippen LogP contribution is 2.26. The van der Waals surface area contributed by atoms with Crippen molar-refractivity contribution in [1.29, 1.82) is 0 Å². The van der Waals surface area contributed by atoms with Crippen LogP contribution < -0.4 is 0 Å². The molecular formula is C10H16ClN3O2S. The number of piperidine rings is 1. The first-order valence-electron chi connectivity index (χ1n) is 5.60. The number of sulfonamides is 1. The molecule has 0 aliphatic carbocycles. The first-order valence-corrected chi connectivity index (χ1v) is 7.41. The standard InChI is InChI=1S/C10H16ClN3O2S/c1-8-4-3-5-14(6-8)17(15,16)10-9(11)13(2)7-12-10/h7-8H,3-6H2,1-2H3. The Balaban J connectivity index is 2.33. The molecule has 7 heteroatoms. The van der Waals surface area contributed by atoms with Crippen LogP contribution in [-0.2, 0) is 17.1 Å². The summed E-state index contributed by atoms with van der Waals surface area (Å²) in [6.07, 6.45) is 3.38. The van der Waals surface area contributed by atoms with E-state index in [4.69, 9.17) is 11.6 Å². The first-order chi connectivity index (χ1) is 7.93. The Bertz CT molecular complexity index is 512. The summed E-state index contributed by atoms with van der Waals surface area (Å²) in [5, 5.41) is 0.138. The minimum atomic E-state index is -3.54. The molecule has 96 valence electrons. The Kier molecular flexibility index (Phi) is 3.47. The zero-order valence-electron chi connectivity index (χ0n) is 9.93. The Hall–Kier alpha value is -0.590. The van der Waals surface area contributed by atoms with Gasteiger partial charge in [-0.2, -0.15) is 4.31 Å². The van der Waals surface area contributed by atoms with E-state index in [0.717, 1.165) is 12.8 Å². The van der Waals surface area contributed by atoms with Gasteiger partial charge < -0.3 is 4.57 Å². The number of rotatable bonds is 2. The summed E-state index contributed by atoms with van der Waals surface area (Å²) in [5.74, 6) is 0.390. The van der Waals surface area contributed by atoms with E-state index < -0.39 is 10.0 Å². The fourth-order valence-corrected chi connectivity index (χ4v) is 4.04. The summed E-state index contributed by atoms with van der Waals surface area (Å²) < 4.78 is 27.6. The molecule has 2 rings (SSSR count). The van der Waals surface area contributed by atoms with Crippen LogP contribution in [0.2, 0.25) is 5.15 Å². The van der Waals surface area contributed by atoms with Crippen molar-refractivity contribution in [2.75, 3.05) is 13.1 Å². The third kappa shape index (κ3) is 2.34. The normalized spacial score (nSPS) is 22.9. The molecule has 0 N–H and O–H groups in total. The van der Waals surface area contributed by atoms with E-state index in [9.17, 15) is 8.42 Å². The van der Waals surface area contributed by atoms with Gasteiger partial charge in [-0.3, -0.25) is 0 Å². The molecule has 1 fully saturated rings. The smallest absolute Gasteiger partial charge is 0.263 e. The highest BCUT2D eigenvalue weighted by molar-refractivity contribution is 7.89. The molecule has 0 bridgehead atoms. The average molecular weight is 278 g/mol. The summed E-state index contributed by atoms with van der Waals surface area (Å²) in [6, 6.07) is 0. The molecule has 1 aliphatic rings. The number of nitrogens with zero attached hydrogens (tertiary/aromatic N) is 3. The molecule has 0 amide bonds. The average Bonchev–Trinajstić information content (AvgIpc) is 2.60. The molecule has 1 saturated heterocycles. The topological polar surface area (TPSA) is 55.2 Å². The summed E-state index contributed by atoms with van der Waals surface area (Å²) in [7, 11) is -1.86. The molecule has 1 aliphatic heterocycles. The molecule has 1 aromatic heterocycles. The third-order valence-corrected chi connectivity index (χ3v) is 5.39. The molecule has 1 atom stereocenters. The molecule has 17 heavy (non-hydrogen) atoms. The lowest BCUT2D eigenvalue weighted by Crippen LogP contribution is -2.39. The van der Waals surface area contributed by atoms with Crippen LogP contribution in [0.3, 0.4) is 0 Å². The molecule has 5 nitrogen and oxygen atoms in total. The molecule has 0 saturated carbocycles. The van der Waals surface area contributed by atoms with Crippen molar-refractivity contribution in [1.82, 2.24) is 13.9 Å². The number of halogens is 1. The maximum atomic E-state index is 12.3. The van der Waals surface area contributed by atoms with Crippen molar-refractivity contribution in [3.05, 3.63) is 11.5 Å². The van der Waals surface area contributed by atoms with Crippen molar-refractivity contribution in [2.24, 2.45) is 13.0 Å². The molecule has 0 spiro atoms. The van der Waals surface area contributed by atoms with E-state index in [0.29, 0.717) is 19.0 Å². The predicted octanol–water partition coefficient (Wildman–Crippen LogP) is 1.49. The van der Waals surface area contributed by atoms with Gasteiger partial charge in [0, 0.05) is 20.1 Å². The molecule has 0 radical (unpaired) electrons. The lowest BCUT2D eigenvalue weighted by molar-refractivity contribution is 0.280. The number of hydrogen-bond donors (Lipinski definition) is 0. The fraction of sp³-hybridized carbons (Fsp3) is 0.700. The second-order valence-corrected chi connectivity index (χ2v) is 6.77.